The monoisotopic (exact) mass is 223 g/mol. The largest absolute Gasteiger partial charge is 0.305 e. The maximum absolute atomic E-state index is 12.2. The Kier molecular flexibility index (Phi) is 2.81. The van der Waals surface area contributed by atoms with Gasteiger partial charge in [0.05, 0.1) is 5.54 Å². The second-order valence-electron chi connectivity index (χ2n) is 4.20. The average molecular weight is 224 g/mol. The normalized spacial score (nSPS) is 25.5. The Labute approximate surface area is 94.6 Å². The zero-order valence-electron chi connectivity index (χ0n) is 8.72. The van der Waals surface area contributed by atoms with Gasteiger partial charge in [-0.15, -0.1) is 0 Å². The van der Waals surface area contributed by atoms with Gasteiger partial charge in [-0.2, -0.15) is 0 Å². The molecular formula is C12H14ClNO. The molecule has 1 aromatic rings. The zero-order valence-corrected chi connectivity index (χ0v) is 9.47. The van der Waals surface area contributed by atoms with E-state index < -0.39 is 0 Å². The van der Waals surface area contributed by atoms with Crippen molar-refractivity contribution in [2.24, 2.45) is 0 Å². The number of halogens is 1. The molecule has 0 bridgehead atoms. The number of nitrogens with one attached hydrogen (secondary N) is 1. The molecule has 1 unspecified atom stereocenters. The predicted molar refractivity (Wildman–Crippen MR) is 61.4 cm³/mol. The second kappa shape index (κ2) is 3.95. The van der Waals surface area contributed by atoms with Crippen LogP contribution in [0.15, 0.2) is 24.3 Å². The molecule has 2 nitrogen and oxygen atoms in total. The molecule has 1 saturated heterocycles. The highest BCUT2D eigenvalue weighted by atomic mass is 35.5. The van der Waals surface area contributed by atoms with Crippen LogP contribution in [0.3, 0.4) is 0 Å². The molecule has 3 heteroatoms. The molecule has 0 amide bonds. The van der Waals surface area contributed by atoms with Crippen molar-refractivity contribution in [2.75, 3.05) is 6.54 Å². The van der Waals surface area contributed by atoms with Gasteiger partial charge in [-0.25, -0.2) is 0 Å². The summed E-state index contributed by atoms with van der Waals surface area (Å²) in [6, 6.07) is 7.09. The minimum atomic E-state index is -0.381. The summed E-state index contributed by atoms with van der Waals surface area (Å²) in [7, 11) is 0. The summed E-state index contributed by atoms with van der Waals surface area (Å²) in [5, 5.41) is 3.93. The van der Waals surface area contributed by atoms with Crippen molar-refractivity contribution in [3.05, 3.63) is 34.9 Å². The first-order chi connectivity index (χ1) is 7.12. The number of ketones is 1. The fourth-order valence-electron chi connectivity index (χ4n) is 2.01. The molecule has 0 saturated carbocycles. The van der Waals surface area contributed by atoms with Gasteiger partial charge < -0.3 is 5.32 Å². The smallest absolute Gasteiger partial charge is 0.182 e. The number of carbonyl (C=O) groups is 1. The van der Waals surface area contributed by atoms with Gasteiger partial charge in [0.15, 0.2) is 5.78 Å². The van der Waals surface area contributed by atoms with Crippen LogP contribution in [0.1, 0.15) is 30.1 Å². The summed E-state index contributed by atoms with van der Waals surface area (Å²) in [4.78, 5) is 12.2. The molecule has 80 valence electrons. The second-order valence-corrected chi connectivity index (χ2v) is 4.63. The van der Waals surface area contributed by atoms with Gasteiger partial charge in [0.2, 0.25) is 0 Å². The van der Waals surface area contributed by atoms with Gasteiger partial charge in [0, 0.05) is 10.6 Å². The van der Waals surface area contributed by atoms with E-state index in [2.05, 4.69) is 5.32 Å². The van der Waals surface area contributed by atoms with E-state index in [0.29, 0.717) is 5.02 Å². The van der Waals surface area contributed by atoms with Crippen molar-refractivity contribution in [2.45, 2.75) is 25.3 Å². The summed E-state index contributed by atoms with van der Waals surface area (Å²) >= 11 is 5.78. The molecule has 1 N–H and O–H groups in total. The van der Waals surface area contributed by atoms with E-state index in [4.69, 9.17) is 11.6 Å². The Bertz CT molecular complexity index is 366. The number of carbonyl (C=O) groups excluding carboxylic acids is 1. The number of benzene rings is 1. The zero-order chi connectivity index (χ0) is 10.9. The summed E-state index contributed by atoms with van der Waals surface area (Å²) in [5.41, 5.74) is 0.352. The molecule has 1 aromatic carbocycles. The van der Waals surface area contributed by atoms with Crippen LogP contribution in [0.2, 0.25) is 5.02 Å². The van der Waals surface area contributed by atoms with E-state index in [9.17, 15) is 4.79 Å². The van der Waals surface area contributed by atoms with Crippen LogP contribution in [0.5, 0.6) is 0 Å². The Morgan fingerprint density at radius 2 is 2.07 bits per heavy atom. The molecule has 0 radical (unpaired) electrons. The van der Waals surface area contributed by atoms with Crippen molar-refractivity contribution in [3.8, 4) is 0 Å². The van der Waals surface area contributed by atoms with Crippen molar-refractivity contribution in [1.82, 2.24) is 5.32 Å². The van der Waals surface area contributed by atoms with Crippen LogP contribution < -0.4 is 5.32 Å². The molecule has 1 aliphatic rings. The first-order valence-corrected chi connectivity index (χ1v) is 5.55. The summed E-state index contributed by atoms with van der Waals surface area (Å²) < 4.78 is 0. The lowest BCUT2D eigenvalue weighted by molar-refractivity contribution is 0.0884. The fourth-order valence-corrected chi connectivity index (χ4v) is 2.13. The van der Waals surface area contributed by atoms with Crippen LogP contribution in [0, 0.1) is 0 Å². The number of hydrogen-bond donors (Lipinski definition) is 1. The lowest BCUT2D eigenvalue weighted by atomic mass is 9.90. The molecule has 0 aromatic heterocycles. The molecule has 1 aliphatic heterocycles. The molecule has 1 atom stereocenters. The van der Waals surface area contributed by atoms with Gasteiger partial charge in [-0.1, -0.05) is 11.6 Å². The molecule has 15 heavy (non-hydrogen) atoms. The first kappa shape index (κ1) is 10.7. The van der Waals surface area contributed by atoms with Crippen molar-refractivity contribution >= 4 is 17.4 Å². The van der Waals surface area contributed by atoms with E-state index in [1.165, 1.54) is 0 Å². The van der Waals surface area contributed by atoms with Crippen LogP contribution >= 0.6 is 11.6 Å². The quantitative estimate of drug-likeness (QED) is 0.782. The predicted octanol–water partition coefficient (Wildman–Crippen LogP) is 2.66. The average Bonchev–Trinajstić information content (AvgIpc) is 2.67. The highest BCUT2D eigenvalue weighted by molar-refractivity contribution is 6.30. The lowest BCUT2D eigenvalue weighted by Gasteiger charge is -2.22. The molecule has 1 fully saturated rings. The van der Waals surface area contributed by atoms with E-state index in [1.807, 2.05) is 6.92 Å². The van der Waals surface area contributed by atoms with E-state index in [1.54, 1.807) is 24.3 Å². The number of hydrogen-bond acceptors (Lipinski definition) is 2. The number of Topliss-reactive ketones (excluding diaryl/α,β-unsaturated/α-hetero) is 1. The Morgan fingerprint density at radius 1 is 1.40 bits per heavy atom. The maximum Gasteiger partial charge on any atom is 0.182 e. The third-order valence-electron chi connectivity index (χ3n) is 2.98. The molecule has 0 spiro atoms. The Balaban J connectivity index is 2.24. The van der Waals surface area contributed by atoms with Crippen LogP contribution in [-0.2, 0) is 0 Å². The summed E-state index contributed by atoms with van der Waals surface area (Å²) in [6.45, 7) is 2.90. The van der Waals surface area contributed by atoms with Gasteiger partial charge in [-0.3, -0.25) is 4.79 Å². The molecule has 1 heterocycles. The van der Waals surface area contributed by atoms with Crippen molar-refractivity contribution in [1.29, 1.82) is 0 Å². The Morgan fingerprint density at radius 3 is 2.60 bits per heavy atom. The third kappa shape index (κ3) is 2.06. The number of rotatable bonds is 2. The minimum Gasteiger partial charge on any atom is -0.305 e. The molecule has 0 aliphatic carbocycles. The van der Waals surface area contributed by atoms with Gasteiger partial charge in [0.25, 0.3) is 0 Å². The van der Waals surface area contributed by atoms with Gasteiger partial charge in [-0.05, 0) is 50.6 Å². The van der Waals surface area contributed by atoms with E-state index >= 15 is 0 Å². The summed E-state index contributed by atoms with van der Waals surface area (Å²) in [6.07, 6.45) is 1.98. The molecular weight excluding hydrogens is 210 g/mol. The van der Waals surface area contributed by atoms with Crippen molar-refractivity contribution < 1.29 is 4.79 Å². The first-order valence-electron chi connectivity index (χ1n) is 5.17. The summed E-state index contributed by atoms with van der Waals surface area (Å²) in [5.74, 6) is 0.164. The van der Waals surface area contributed by atoms with Gasteiger partial charge in [0.1, 0.15) is 0 Å². The third-order valence-corrected chi connectivity index (χ3v) is 3.23. The molecule has 2 rings (SSSR count). The highest BCUT2D eigenvalue weighted by Gasteiger charge is 2.36. The highest BCUT2D eigenvalue weighted by Crippen LogP contribution is 2.24. The van der Waals surface area contributed by atoms with E-state index in [-0.39, 0.29) is 11.3 Å². The maximum atomic E-state index is 12.2. The minimum absolute atomic E-state index is 0.164. The SMILES string of the molecule is CC1(C(=O)c2ccc(Cl)cc2)CCCN1. The van der Waals surface area contributed by atoms with Crippen LogP contribution in [0.25, 0.3) is 0 Å². The fraction of sp³-hybridized carbons (Fsp3) is 0.417. The topological polar surface area (TPSA) is 29.1 Å². The van der Waals surface area contributed by atoms with Crippen LogP contribution in [0.4, 0.5) is 0 Å². The lowest BCUT2D eigenvalue weighted by Crippen LogP contribution is -2.44. The van der Waals surface area contributed by atoms with Gasteiger partial charge >= 0.3 is 0 Å². The van der Waals surface area contributed by atoms with E-state index in [0.717, 1.165) is 24.9 Å². The Hall–Kier alpha value is -0.860. The van der Waals surface area contributed by atoms with Crippen molar-refractivity contribution in [3.63, 3.8) is 0 Å². The van der Waals surface area contributed by atoms with Crippen LogP contribution in [-0.4, -0.2) is 17.9 Å². The standard InChI is InChI=1S/C12H14ClNO/c1-12(7-2-8-14-12)11(15)9-3-5-10(13)6-4-9/h3-6,14H,2,7-8H2,1H3.